The summed E-state index contributed by atoms with van der Waals surface area (Å²) in [6.07, 6.45) is 0. The minimum Gasteiger partial charge on any atom is -0.504 e. The lowest BCUT2D eigenvalue weighted by Gasteiger charge is -2.24. The maximum atomic E-state index is 13.1. The summed E-state index contributed by atoms with van der Waals surface area (Å²) in [7, 11) is -2.80. The fourth-order valence-electron chi connectivity index (χ4n) is 3.85. The molecule has 2 heterocycles. The van der Waals surface area contributed by atoms with Crippen molar-refractivity contribution in [1.82, 2.24) is 34.4 Å². The van der Waals surface area contributed by atoms with Crippen molar-refractivity contribution < 1.29 is 21.9 Å². The van der Waals surface area contributed by atoms with Crippen LogP contribution in [0.1, 0.15) is 5.69 Å². The molecule has 0 saturated carbocycles. The Balaban J connectivity index is 2.06. The van der Waals surface area contributed by atoms with Crippen LogP contribution < -0.4 is 16.0 Å². The van der Waals surface area contributed by atoms with E-state index in [1.54, 1.807) is 12.1 Å². The number of aromatic nitrogens is 1. The molecule has 1 aromatic carbocycles. The third kappa shape index (κ3) is 6.50. The highest BCUT2D eigenvalue weighted by Gasteiger charge is 2.30. The second kappa shape index (κ2) is 12.1. The number of rotatable bonds is 6. The molecule has 1 aromatic heterocycles. The molecule has 3 rings (SSSR count). The number of sulfonamides is 2. The van der Waals surface area contributed by atoms with Gasteiger partial charge in [-0.05, 0) is 18.2 Å². The molecular formula is C22H37N7O5S2. The van der Waals surface area contributed by atoms with E-state index in [9.17, 15) is 21.9 Å². The maximum Gasteiger partial charge on any atom is 0.246 e. The molecule has 0 atom stereocenters. The number of nitrogens with one attached hydrogen (secondary N) is 3. The zero-order valence-electron chi connectivity index (χ0n) is 21.3. The highest BCUT2D eigenvalue weighted by atomic mass is 32.2. The zero-order chi connectivity index (χ0) is 26.5. The third-order valence-electron chi connectivity index (χ3n) is 6.01. The van der Waals surface area contributed by atoms with E-state index in [1.807, 2.05) is 0 Å². The van der Waals surface area contributed by atoms with Gasteiger partial charge in [-0.25, -0.2) is 30.4 Å². The lowest BCUT2D eigenvalue weighted by molar-refractivity contribution is 0.260. The monoisotopic (exact) mass is 543 g/mol. The highest BCUT2D eigenvalue weighted by molar-refractivity contribution is 7.90. The van der Waals surface area contributed by atoms with Crippen molar-refractivity contribution in [1.29, 1.82) is 0 Å². The summed E-state index contributed by atoms with van der Waals surface area (Å²) >= 11 is 0. The van der Waals surface area contributed by atoms with Crippen molar-refractivity contribution in [3.8, 4) is 5.75 Å². The molecule has 12 nitrogen and oxygen atoms in total. The first-order valence-corrected chi connectivity index (χ1v) is 14.7. The van der Waals surface area contributed by atoms with Gasteiger partial charge >= 0.3 is 0 Å². The van der Waals surface area contributed by atoms with E-state index in [2.05, 4.69) is 25.8 Å². The molecule has 202 valence electrons. The zero-order valence-corrected chi connectivity index (χ0v) is 22.9. The number of benzene rings is 1. The van der Waals surface area contributed by atoms with Gasteiger partial charge in [0, 0.05) is 92.5 Å². The number of aromatic hydroxyl groups is 1. The molecule has 4 N–H and O–H groups in total. The number of phenolic OH excluding ortho intramolecular Hbond substituents is 1. The molecule has 0 unspecified atom stereocenters. The van der Waals surface area contributed by atoms with Gasteiger partial charge in [0.15, 0.2) is 5.75 Å². The Labute approximate surface area is 213 Å². The number of hydrogen-bond donors (Lipinski definition) is 4. The average Bonchev–Trinajstić information content (AvgIpc) is 2.80. The molecule has 1 fully saturated rings. The normalized spacial score (nSPS) is 17.8. The third-order valence-corrected chi connectivity index (χ3v) is 9.69. The number of fused-ring (bicyclic) bond motifs is 1. The molecule has 0 bridgehead atoms. The van der Waals surface area contributed by atoms with Crippen molar-refractivity contribution in [2.24, 2.45) is 0 Å². The Morgan fingerprint density at radius 2 is 1.33 bits per heavy atom. The average molecular weight is 544 g/mol. The number of hydrogen-bond acceptors (Lipinski definition) is 10. The maximum absolute atomic E-state index is 13.1. The molecule has 14 heteroatoms. The summed E-state index contributed by atoms with van der Waals surface area (Å²) in [5, 5.41) is 21.3. The summed E-state index contributed by atoms with van der Waals surface area (Å²) < 4.78 is 53.9. The van der Waals surface area contributed by atoms with Gasteiger partial charge in [-0.1, -0.05) is 0 Å². The van der Waals surface area contributed by atoms with Gasteiger partial charge in [-0.2, -0.15) is 0 Å². The van der Waals surface area contributed by atoms with Crippen LogP contribution >= 0.6 is 0 Å². The van der Waals surface area contributed by atoms with Crippen LogP contribution in [-0.4, -0.2) is 121 Å². The van der Waals surface area contributed by atoms with Crippen LogP contribution in [0, 0.1) is 0 Å². The van der Waals surface area contributed by atoms with Crippen molar-refractivity contribution in [2.45, 2.75) is 16.3 Å². The van der Waals surface area contributed by atoms with Crippen molar-refractivity contribution in [2.75, 3.05) is 80.5 Å². The van der Waals surface area contributed by atoms with Crippen molar-refractivity contribution in [3.05, 3.63) is 23.9 Å². The first kappa shape index (κ1) is 28.7. The standard InChI is InChI=1S/C22H37N7O5S2/c1-27(2)35(31,32)19-15-20(36(33,34)28(3)4)22(30)21-18(19)6-5-17(26-21)16-29-13-11-24-9-7-23-8-10-25-12-14-29/h5-6,15,23-25,30H,7-14,16H2,1-4H3. The summed E-state index contributed by atoms with van der Waals surface area (Å²) in [6, 6.07) is 4.31. The molecule has 0 amide bonds. The topological polar surface area (TPSA) is 147 Å². The van der Waals surface area contributed by atoms with Crippen LogP contribution in [0.2, 0.25) is 0 Å². The Bertz CT molecular complexity index is 1260. The number of pyridine rings is 1. The summed E-state index contributed by atoms with van der Waals surface area (Å²) in [6.45, 7) is 7.08. The van der Waals surface area contributed by atoms with Crippen LogP contribution in [0.25, 0.3) is 10.9 Å². The fraction of sp³-hybridized carbons (Fsp3) is 0.591. The van der Waals surface area contributed by atoms with Gasteiger partial charge in [0.25, 0.3) is 0 Å². The summed E-state index contributed by atoms with van der Waals surface area (Å²) in [5.74, 6) is -0.567. The minimum atomic E-state index is -4.14. The van der Waals surface area contributed by atoms with Crippen LogP contribution in [-0.2, 0) is 26.6 Å². The predicted octanol–water partition coefficient (Wildman–Crippen LogP) is -0.975. The molecule has 0 aliphatic carbocycles. The first-order chi connectivity index (χ1) is 17.0. The molecule has 1 saturated heterocycles. The molecule has 0 spiro atoms. The second-order valence-corrected chi connectivity index (χ2v) is 13.3. The van der Waals surface area contributed by atoms with Crippen LogP contribution in [0.3, 0.4) is 0 Å². The van der Waals surface area contributed by atoms with Crippen molar-refractivity contribution in [3.63, 3.8) is 0 Å². The van der Waals surface area contributed by atoms with E-state index < -0.39 is 30.7 Å². The van der Waals surface area contributed by atoms with Crippen molar-refractivity contribution >= 4 is 30.9 Å². The highest BCUT2D eigenvalue weighted by Crippen LogP contribution is 2.37. The van der Waals surface area contributed by atoms with Gasteiger partial charge < -0.3 is 21.1 Å². The Morgan fingerprint density at radius 1 is 0.833 bits per heavy atom. The van der Waals surface area contributed by atoms with Gasteiger partial charge in [0.2, 0.25) is 20.0 Å². The second-order valence-electron chi connectivity index (χ2n) is 9.02. The molecule has 2 aromatic rings. The molecular weight excluding hydrogens is 506 g/mol. The van der Waals surface area contributed by atoms with E-state index in [4.69, 9.17) is 0 Å². The Hall–Kier alpha value is -1.91. The smallest absolute Gasteiger partial charge is 0.246 e. The predicted molar refractivity (Wildman–Crippen MR) is 139 cm³/mol. The lowest BCUT2D eigenvalue weighted by Crippen LogP contribution is -2.41. The van der Waals surface area contributed by atoms with Gasteiger partial charge in [0.05, 0.1) is 10.6 Å². The minimum absolute atomic E-state index is 0.0625. The van der Waals surface area contributed by atoms with Gasteiger partial charge in [-0.15, -0.1) is 0 Å². The van der Waals surface area contributed by atoms with E-state index in [0.29, 0.717) is 12.2 Å². The first-order valence-electron chi connectivity index (χ1n) is 11.8. The fourth-order valence-corrected chi connectivity index (χ4v) is 6.03. The van der Waals surface area contributed by atoms with E-state index in [-0.39, 0.29) is 15.8 Å². The SMILES string of the molecule is CN(C)S(=O)(=O)c1cc(S(=O)(=O)N(C)C)c2ccc(CN3CCNCCNCCNCC3)nc2c1O. The number of phenols is 1. The summed E-state index contributed by atoms with van der Waals surface area (Å²) in [4.78, 5) is 6.03. The molecule has 36 heavy (non-hydrogen) atoms. The molecule has 0 radical (unpaired) electrons. The van der Waals surface area contributed by atoms with E-state index in [0.717, 1.165) is 67.0 Å². The molecule has 1 aliphatic rings. The number of nitrogens with zero attached hydrogens (tertiary/aromatic N) is 4. The Kier molecular flexibility index (Phi) is 9.62. The quantitative estimate of drug-likeness (QED) is 0.359. The van der Waals surface area contributed by atoms with Crippen LogP contribution in [0.15, 0.2) is 28.0 Å². The molecule has 1 aliphatic heterocycles. The summed E-state index contributed by atoms with van der Waals surface area (Å²) in [5.41, 5.74) is 0.534. The lowest BCUT2D eigenvalue weighted by atomic mass is 10.1. The Morgan fingerprint density at radius 3 is 1.86 bits per heavy atom. The van der Waals surface area contributed by atoms with E-state index >= 15 is 0 Å². The van der Waals surface area contributed by atoms with Crippen LogP contribution in [0.4, 0.5) is 0 Å². The van der Waals surface area contributed by atoms with Gasteiger partial charge in [-0.3, -0.25) is 4.90 Å². The van der Waals surface area contributed by atoms with Gasteiger partial charge in [0.1, 0.15) is 10.4 Å². The van der Waals surface area contributed by atoms with E-state index in [1.165, 1.54) is 28.2 Å². The van der Waals surface area contributed by atoms with Crippen LogP contribution in [0.5, 0.6) is 5.75 Å². The largest absolute Gasteiger partial charge is 0.504 e.